The zero-order valence-corrected chi connectivity index (χ0v) is 9.10. The van der Waals surface area contributed by atoms with Crippen LogP contribution >= 0.6 is 0 Å². The first-order valence-corrected chi connectivity index (χ1v) is 4.92. The topological polar surface area (TPSA) is 55.8 Å². The van der Waals surface area contributed by atoms with Crippen LogP contribution in [0.1, 0.15) is 17.3 Å². The van der Waals surface area contributed by atoms with Crippen molar-refractivity contribution in [2.24, 2.45) is 0 Å². The van der Waals surface area contributed by atoms with Gasteiger partial charge in [-0.15, -0.1) is 0 Å². The molecule has 0 heterocycles. The quantitative estimate of drug-likeness (QED) is 0.612. The molecular weight excluding hydrogens is 208 g/mol. The summed E-state index contributed by atoms with van der Waals surface area (Å²) in [7, 11) is 0. The van der Waals surface area contributed by atoms with Gasteiger partial charge in [0.05, 0.1) is 6.61 Å². The van der Waals surface area contributed by atoms with E-state index in [9.17, 15) is 9.90 Å². The Bertz CT molecular complexity index is 385. The summed E-state index contributed by atoms with van der Waals surface area (Å²) in [6.45, 7) is 5.83. The molecular formula is C12H14O4. The lowest BCUT2D eigenvalue weighted by Crippen LogP contribution is -2.05. The predicted octanol–water partition coefficient (Wildman–Crippen LogP) is 2.13. The van der Waals surface area contributed by atoms with Crippen molar-refractivity contribution in [3.63, 3.8) is 0 Å². The Hall–Kier alpha value is -1.97. The average molecular weight is 222 g/mol. The minimum Gasteiger partial charge on any atom is -0.507 e. The van der Waals surface area contributed by atoms with Crippen LogP contribution in [0.15, 0.2) is 30.9 Å². The maximum atomic E-state index is 11.4. The second-order valence-corrected chi connectivity index (χ2v) is 3.00. The predicted molar refractivity (Wildman–Crippen MR) is 59.8 cm³/mol. The van der Waals surface area contributed by atoms with Gasteiger partial charge in [0.1, 0.15) is 23.7 Å². The highest BCUT2D eigenvalue weighted by atomic mass is 16.5. The highest BCUT2D eigenvalue weighted by Crippen LogP contribution is 2.24. The number of carbonyl (C=O) groups excluding carboxylic acids is 1. The van der Waals surface area contributed by atoms with Crippen LogP contribution in [0.5, 0.6) is 11.5 Å². The Balaban J connectivity index is 2.82. The number of rotatable bonds is 5. The van der Waals surface area contributed by atoms with Crippen LogP contribution in [-0.2, 0) is 4.74 Å². The molecule has 1 rings (SSSR count). The minimum atomic E-state index is -0.546. The fourth-order valence-electron chi connectivity index (χ4n) is 1.14. The minimum absolute atomic E-state index is 0.132. The van der Waals surface area contributed by atoms with Gasteiger partial charge < -0.3 is 14.6 Å². The molecule has 0 fully saturated rings. The van der Waals surface area contributed by atoms with Crippen molar-refractivity contribution >= 4 is 5.97 Å². The summed E-state index contributed by atoms with van der Waals surface area (Å²) in [5.41, 5.74) is 0.132. The smallest absolute Gasteiger partial charge is 0.341 e. The molecule has 0 spiro atoms. The molecule has 0 saturated carbocycles. The van der Waals surface area contributed by atoms with E-state index < -0.39 is 5.97 Å². The fraction of sp³-hybridized carbons (Fsp3) is 0.250. The van der Waals surface area contributed by atoms with Gasteiger partial charge in [0.25, 0.3) is 0 Å². The van der Waals surface area contributed by atoms with Crippen molar-refractivity contribution in [2.75, 3.05) is 13.2 Å². The highest BCUT2D eigenvalue weighted by Gasteiger charge is 2.12. The third kappa shape index (κ3) is 3.02. The lowest BCUT2D eigenvalue weighted by molar-refractivity contribution is 0.0523. The van der Waals surface area contributed by atoms with Gasteiger partial charge in [0, 0.05) is 6.07 Å². The molecule has 86 valence electrons. The number of esters is 1. The monoisotopic (exact) mass is 222 g/mol. The zero-order chi connectivity index (χ0) is 12.0. The summed E-state index contributed by atoms with van der Waals surface area (Å²) in [5.74, 6) is -0.222. The fourth-order valence-corrected chi connectivity index (χ4v) is 1.14. The Kier molecular flexibility index (Phi) is 4.39. The summed E-state index contributed by atoms with van der Waals surface area (Å²) in [6.07, 6.45) is 1.59. The molecule has 0 amide bonds. The normalized spacial score (nSPS) is 9.56. The third-order valence-electron chi connectivity index (χ3n) is 1.83. The summed E-state index contributed by atoms with van der Waals surface area (Å²) in [5, 5.41) is 9.58. The largest absolute Gasteiger partial charge is 0.507 e. The number of hydrogen-bond donors (Lipinski definition) is 1. The van der Waals surface area contributed by atoms with E-state index in [0.29, 0.717) is 12.4 Å². The molecule has 1 aromatic carbocycles. The molecule has 0 aliphatic heterocycles. The molecule has 0 saturated heterocycles. The van der Waals surface area contributed by atoms with Crippen molar-refractivity contribution in [3.05, 3.63) is 36.4 Å². The number of hydrogen-bond acceptors (Lipinski definition) is 4. The molecule has 1 N–H and O–H groups in total. The summed E-state index contributed by atoms with van der Waals surface area (Å²) in [6, 6.07) is 4.43. The maximum Gasteiger partial charge on any atom is 0.341 e. The van der Waals surface area contributed by atoms with Crippen LogP contribution in [0, 0.1) is 0 Å². The van der Waals surface area contributed by atoms with E-state index in [2.05, 4.69) is 6.58 Å². The van der Waals surface area contributed by atoms with Gasteiger partial charge in [-0.05, 0) is 19.1 Å². The van der Waals surface area contributed by atoms with Crippen LogP contribution < -0.4 is 4.74 Å². The Morgan fingerprint density at radius 3 is 2.88 bits per heavy atom. The number of benzene rings is 1. The molecule has 0 bridgehead atoms. The number of aromatic hydroxyl groups is 1. The molecule has 4 nitrogen and oxygen atoms in total. The average Bonchev–Trinajstić information content (AvgIpc) is 2.26. The maximum absolute atomic E-state index is 11.4. The van der Waals surface area contributed by atoms with Crippen LogP contribution in [-0.4, -0.2) is 24.3 Å². The molecule has 1 aromatic rings. The van der Waals surface area contributed by atoms with Crippen molar-refractivity contribution in [3.8, 4) is 11.5 Å². The van der Waals surface area contributed by atoms with Crippen LogP contribution in [0.2, 0.25) is 0 Å². The summed E-state index contributed by atoms with van der Waals surface area (Å²) >= 11 is 0. The van der Waals surface area contributed by atoms with E-state index in [4.69, 9.17) is 9.47 Å². The lowest BCUT2D eigenvalue weighted by atomic mass is 10.2. The zero-order valence-electron chi connectivity index (χ0n) is 9.10. The first-order valence-electron chi connectivity index (χ1n) is 4.92. The van der Waals surface area contributed by atoms with Crippen LogP contribution in [0.25, 0.3) is 0 Å². The van der Waals surface area contributed by atoms with Crippen molar-refractivity contribution in [2.45, 2.75) is 6.92 Å². The van der Waals surface area contributed by atoms with E-state index in [-0.39, 0.29) is 17.9 Å². The molecule has 0 unspecified atom stereocenters. The van der Waals surface area contributed by atoms with Gasteiger partial charge >= 0.3 is 5.97 Å². The highest BCUT2D eigenvalue weighted by molar-refractivity contribution is 5.92. The van der Waals surface area contributed by atoms with Crippen molar-refractivity contribution in [1.29, 1.82) is 0 Å². The first kappa shape index (κ1) is 12.1. The molecule has 0 atom stereocenters. The van der Waals surface area contributed by atoms with Gasteiger partial charge in [-0.25, -0.2) is 4.79 Å². The second-order valence-electron chi connectivity index (χ2n) is 3.00. The SMILES string of the molecule is C=CCOc1ccc(C(=O)OCC)c(O)c1. The van der Waals surface area contributed by atoms with E-state index in [1.807, 2.05) is 0 Å². The lowest BCUT2D eigenvalue weighted by Gasteiger charge is -2.07. The number of phenols is 1. The molecule has 0 aliphatic carbocycles. The van der Waals surface area contributed by atoms with E-state index in [1.54, 1.807) is 19.1 Å². The van der Waals surface area contributed by atoms with E-state index in [1.165, 1.54) is 12.1 Å². The van der Waals surface area contributed by atoms with Crippen LogP contribution in [0.4, 0.5) is 0 Å². The standard InChI is InChI=1S/C12H14O4/c1-3-7-16-9-5-6-10(11(13)8-9)12(14)15-4-2/h3,5-6,8,13H,1,4,7H2,2H3. The third-order valence-corrected chi connectivity index (χ3v) is 1.83. The number of carbonyl (C=O) groups is 1. The van der Waals surface area contributed by atoms with Gasteiger partial charge in [0.15, 0.2) is 0 Å². The van der Waals surface area contributed by atoms with E-state index >= 15 is 0 Å². The molecule has 16 heavy (non-hydrogen) atoms. The van der Waals surface area contributed by atoms with Gasteiger partial charge in [-0.2, -0.15) is 0 Å². The van der Waals surface area contributed by atoms with Gasteiger partial charge in [-0.3, -0.25) is 0 Å². The van der Waals surface area contributed by atoms with E-state index in [0.717, 1.165) is 0 Å². The van der Waals surface area contributed by atoms with Gasteiger partial charge in [0.2, 0.25) is 0 Å². The molecule has 0 aromatic heterocycles. The summed E-state index contributed by atoms with van der Waals surface area (Å²) < 4.78 is 9.97. The number of ether oxygens (including phenoxy) is 2. The summed E-state index contributed by atoms with van der Waals surface area (Å²) in [4.78, 5) is 11.4. The number of phenolic OH excluding ortho intramolecular Hbond substituents is 1. The molecule has 0 radical (unpaired) electrons. The van der Waals surface area contributed by atoms with Crippen molar-refractivity contribution in [1.82, 2.24) is 0 Å². The Labute approximate surface area is 94.1 Å². The van der Waals surface area contributed by atoms with Crippen molar-refractivity contribution < 1.29 is 19.4 Å². The van der Waals surface area contributed by atoms with Crippen LogP contribution in [0.3, 0.4) is 0 Å². The Morgan fingerprint density at radius 1 is 1.56 bits per heavy atom. The Morgan fingerprint density at radius 2 is 2.31 bits per heavy atom. The second kappa shape index (κ2) is 5.80. The molecule has 4 heteroatoms. The molecule has 0 aliphatic rings. The first-order chi connectivity index (χ1) is 7.69. The van der Waals surface area contributed by atoms with Gasteiger partial charge in [-0.1, -0.05) is 12.7 Å².